The van der Waals surface area contributed by atoms with Crippen LogP contribution >= 0.6 is 15.9 Å². The van der Waals surface area contributed by atoms with Crippen LogP contribution in [0.25, 0.3) is 22.3 Å². The largest absolute Gasteiger partial charge is 0.481 e. The predicted octanol–water partition coefficient (Wildman–Crippen LogP) is 1.64. The number of fused-ring (bicyclic) bond motifs is 1. The number of rotatable bonds is 3. The molecule has 7 nitrogen and oxygen atoms in total. The van der Waals surface area contributed by atoms with Gasteiger partial charge in [-0.05, 0) is 28.1 Å². The summed E-state index contributed by atoms with van der Waals surface area (Å²) in [6.07, 6.45) is -0.142. The van der Waals surface area contributed by atoms with E-state index in [1.54, 1.807) is 18.2 Å². The van der Waals surface area contributed by atoms with Gasteiger partial charge in [0.25, 0.3) is 0 Å². The molecule has 0 aliphatic heterocycles. The molecule has 2 aromatic heterocycles. The number of carboxylic acids is 1. The smallest absolute Gasteiger partial charge is 0.323 e. The first-order valence-electron chi connectivity index (χ1n) is 5.71. The molecule has 0 fully saturated rings. The molecule has 1 aromatic carbocycles. The van der Waals surface area contributed by atoms with E-state index in [0.717, 1.165) is 5.56 Å². The van der Waals surface area contributed by atoms with Crippen molar-refractivity contribution in [3.8, 4) is 11.3 Å². The molecule has 0 aliphatic carbocycles. The van der Waals surface area contributed by atoms with Crippen LogP contribution in [-0.2, 0) is 11.2 Å². The molecule has 8 heteroatoms. The monoisotopic (exact) mass is 336 g/mol. The number of carbonyl (C=O) groups is 1. The van der Waals surface area contributed by atoms with Crippen LogP contribution in [0.4, 0.5) is 0 Å². The summed E-state index contributed by atoms with van der Waals surface area (Å²) in [5.74, 6) is -0.939. The highest BCUT2D eigenvalue weighted by molar-refractivity contribution is 9.10. The van der Waals surface area contributed by atoms with Crippen molar-refractivity contribution in [2.24, 2.45) is 0 Å². The Balaban J connectivity index is 2.08. The second kappa shape index (κ2) is 4.64. The molecule has 3 aromatic rings. The summed E-state index contributed by atoms with van der Waals surface area (Å²) in [4.78, 5) is 27.3. The van der Waals surface area contributed by atoms with Crippen molar-refractivity contribution in [3.05, 3.63) is 38.9 Å². The van der Waals surface area contributed by atoms with Gasteiger partial charge < -0.3 is 15.1 Å². The first kappa shape index (κ1) is 12.7. The van der Waals surface area contributed by atoms with Gasteiger partial charge in [0.1, 0.15) is 5.69 Å². The third-order valence-corrected chi connectivity index (χ3v) is 3.75. The van der Waals surface area contributed by atoms with Crippen molar-refractivity contribution in [1.29, 1.82) is 0 Å². The van der Waals surface area contributed by atoms with Gasteiger partial charge in [-0.15, -0.1) is 0 Å². The number of imidazole rings is 1. The number of benzene rings is 1. The number of nitrogens with zero attached hydrogens (tertiary/aromatic N) is 1. The molecule has 0 saturated heterocycles. The van der Waals surface area contributed by atoms with E-state index in [4.69, 9.17) is 5.11 Å². The third-order valence-electron chi connectivity index (χ3n) is 2.89. The average molecular weight is 337 g/mol. The van der Waals surface area contributed by atoms with Crippen LogP contribution in [0.15, 0.2) is 27.5 Å². The van der Waals surface area contributed by atoms with Gasteiger partial charge in [0.05, 0.1) is 27.6 Å². The zero-order valence-corrected chi connectivity index (χ0v) is 11.6. The molecule has 2 heterocycles. The number of aromatic amines is 3. The van der Waals surface area contributed by atoms with Gasteiger partial charge in [0, 0.05) is 5.56 Å². The van der Waals surface area contributed by atoms with Crippen LogP contribution in [0.3, 0.4) is 0 Å². The van der Waals surface area contributed by atoms with Crippen LogP contribution in [0.2, 0.25) is 0 Å². The quantitative estimate of drug-likeness (QED) is 0.581. The minimum atomic E-state index is -0.939. The second-order valence-electron chi connectivity index (χ2n) is 4.27. The summed E-state index contributed by atoms with van der Waals surface area (Å²) in [6.45, 7) is 0. The highest BCUT2D eigenvalue weighted by atomic mass is 79.9. The van der Waals surface area contributed by atoms with Gasteiger partial charge in [0.15, 0.2) is 0 Å². The van der Waals surface area contributed by atoms with Crippen LogP contribution in [-0.4, -0.2) is 31.2 Å². The maximum atomic E-state index is 11.2. The zero-order chi connectivity index (χ0) is 14.3. The lowest BCUT2D eigenvalue weighted by Gasteiger charge is -1.98. The predicted molar refractivity (Wildman–Crippen MR) is 75.5 cm³/mol. The summed E-state index contributed by atoms with van der Waals surface area (Å²) >= 11 is 3.35. The lowest BCUT2D eigenvalue weighted by atomic mass is 10.1. The van der Waals surface area contributed by atoms with Crippen molar-refractivity contribution < 1.29 is 9.90 Å². The Hall–Kier alpha value is -2.35. The fraction of sp³-hybridized carbons (Fsp3) is 0.0833. The average Bonchev–Trinajstić information content (AvgIpc) is 2.91. The summed E-state index contributed by atoms with van der Waals surface area (Å²) in [7, 11) is 0. The van der Waals surface area contributed by atoms with E-state index in [0.29, 0.717) is 26.9 Å². The lowest BCUT2D eigenvalue weighted by Crippen LogP contribution is -2.00. The van der Waals surface area contributed by atoms with Crippen LogP contribution < -0.4 is 5.69 Å². The van der Waals surface area contributed by atoms with Gasteiger partial charge in [-0.25, -0.2) is 4.79 Å². The van der Waals surface area contributed by atoms with Crippen LogP contribution in [0.1, 0.15) is 5.69 Å². The van der Waals surface area contributed by atoms with E-state index in [1.165, 1.54) is 0 Å². The fourth-order valence-corrected chi connectivity index (χ4v) is 2.55. The highest BCUT2D eigenvalue weighted by Crippen LogP contribution is 2.30. The summed E-state index contributed by atoms with van der Waals surface area (Å²) in [6, 6.07) is 5.34. The lowest BCUT2D eigenvalue weighted by molar-refractivity contribution is -0.136. The van der Waals surface area contributed by atoms with E-state index < -0.39 is 5.97 Å². The number of hydrogen-bond donors (Lipinski definition) is 4. The summed E-state index contributed by atoms with van der Waals surface area (Å²) in [5.41, 5.74) is 2.97. The maximum Gasteiger partial charge on any atom is 0.323 e. The normalized spacial score (nSPS) is 11.1. The molecule has 0 aliphatic rings. The molecule has 20 heavy (non-hydrogen) atoms. The molecule has 102 valence electrons. The van der Waals surface area contributed by atoms with E-state index in [1.807, 2.05) is 0 Å². The van der Waals surface area contributed by atoms with E-state index in [9.17, 15) is 9.59 Å². The fourth-order valence-electron chi connectivity index (χ4n) is 2.00. The standard InChI is InChI=1S/C12H9BrN4O3/c13-10-8(4-9(18)19)16-17-11(10)5-1-2-6-7(3-5)15-12(20)14-6/h1-3H,4H2,(H,16,17)(H,18,19)(H2,14,15,20). The van der Waals surface area contributed by atoms with Gasteiger partial charge in [-0.3, -0.25) is 9.89 Å². The number of aliphatic carboxylic acids is 1. The Morgan fingerprint density at radius 1 is 1.30 bits per heavy atom. The molecule has 0 saturated carbocycles. The third kappa shape index (κ3) is 2.14. The molecule has 0 amide bonds. The Kier molecular flexibility index (Phi) is 2.94. The molecule has 0 radical (unpaired) electrons. The van der Waals surface area contributed by atoms with Crippen LogP contribution in [0, 0.1) is 0 Å². The van der Waals surface area contributed by atoms with E-state index >= 15 is 0 Å². The SMILES string of the molecule is O=C(O)Cc1[nH]nc(-c2ccc3[nH]c(=O)[nH]c3c2)c1Br. The first-order valence-corrected chi connectivity index (χ1v) is 6.51. The Bertz CT molecular complexity index is 861. The van der Waals surface area contributed by atoms with Crippen molar-refractivity contribution in [1.82, 2.24) is 20.2 Å². The molecule has 4 N–H and O–H groups in total. The topological polar surface area (TPSA) is 115 Å². The zero-order valence-electron chi connectivity index (χ0n) is 10.0. The molecule has 3 rings (SSSR count). The molecule has 0 spiro atoms. The van der Waals surface area contributed by atoms with E-state index in [-0.39, 0.29) is 12.1 Å². The number of hydrogen-bond acceptors (Lipinski definition) is 3. The number of H-pyrrole nitrogens is 3. The highest BCUT2D eigenvalue weighted by Gasteiger charge is 2.15. The first-order chi connectivity index (χ1) is 9.54. The Morgan fingerprint density at radius 2 is 2.05 bits per heavy atom. The van der Waals surface area contributed by atoms with Crippen molar-refractivity contribution in [3.63, 3.8) is 0 Å². The van der Waals surface area contributed by atoms with Gasteiger partial charge >= 0.3 is 11.7 Å². The van der Waals surface area contributed by atoms with Crippen molar-refractivity contribution >= 4 is 32.9 Å². The van der Waals surface area contributed by atoms with Crippen molar-refractivity contribution in [2.75, 3.05) is 0 Å². The number of halogens is 1. The Labute approximate surface area is 120 Å². The van der Waals surface area contributed by atoms with E-state index in [2.05, 4.69) is 36.1 Å². The van der Waals surface area contributed by atoms with Gasteiger partial charge in [-0.2, -0.15) is 5.10 Å². The molecule has 0 unspecified atom stereocenters. The number of aromatic nitrogens is 4. The molecule has 0 atom stereocenters. The number of carboxylic acid groups (broad SMARTS) is 1. The molecule has 0 bridgehead atoms. The molecular weight excluding hydrogens is 328 g/mol. The van der Waals surface area contributed by atoms with Gasteiger partial charge in [-0.1, -0.05) is 6.07 Å². The second-order valence-corrected chi connectivity index (χ2v) is 5.07. The van der Waals surface area contributed by atoms with Gasteiger partial charge in [0.2, 0.25) is 0 Å². The molecular formula is C12H9BrN4O3. The minimum absolute atomic E-state index is 0.142. The summed E-state index contributed by atoms with van der Waals surface area (Å²) in [5, 5.41) is 15.6. The number of nitrogens with one attached hydrogen (secondary N) is 3. The maximum absolute atomic E-state index is 11.2. The minimum Gasteiger partial charge on any atom is -0.481 e. The Morgan fingerprint density at radius 3 is 2.80 bits per heavy atom. The van der Waals surface area contributed by atoms with Crippen LogP contribution in [0.5, 0.6) is 0 Å². The van der Waals surface area contributed by atoms with Crippen molar-refractivity contribution in [2.45, 2.75) is 6.42 Å². The summed E-state index contributed by atoms with van der Waals surface area (Å²) < 4.78 is 0.608.